The summed E-state index contributed by atoms with van der Waals surface area (Å²) in [5, 5.41) is 7.67. The third-order valence-electron chi connectivity index (χ3n) is 2.53. The third kappa shape index (κ3) is 6.47. The van der Waals surface area contributed by atoms with E-state index in [0.717, 1.165) is 0 Å². The van der Waals surface area contributed by atoms with Crippen LogP contribution in [0.2, 0.25) is 0 Å². The van der Waals surface area contributed by atoms with Crippen molar-refractivity contribution in [3.05, 3.63) is 22.4 Å². The van der Waals surface area contributed by atoms with E-state index < -0.39 is 12.6 Å². The molecule has 3 nitrogen and oxygen atoms in total. The van der Waals surface area contributed by atoms with Gasteiger partial charge in [0.25, 0.3) is 0 Å². The Labute approximate surface area is 114 Å². The highest BCUT2D eigenvalue weighted by atomic mass is 32.1. The van der Waals surface area contributed by atoms with Gasteiger partial charge >= 0.3 is 6.18 Å². The molecular weight excluding hydrogens is 275 g/mol. The minimum Gasteiger partial charge on any atom is -0.356 e. The van der Waals surface area contributed by atoms with Gasteiger partial charge in [-0.15, -0.1) is 11.3 Å². The minimum atomic E-state index is -4.14. The summed E-state index contributed by atoms with van der Waals surface area (Å²) in [6.45, 7) is 2.52. The summed E-state index contributed by atoms with van der Waals surface area (Å²) in [7, 11) is 1.54. The topological polar surface area (TPSA) is 36.4 Å². The average Bonchev–Trinajstić information content (AvgIpc) is 2.85. The maximum absolute atomic E-state index is 12.0. The second kappa shape index (κ2) is 7.37. The van der Waals surface area contributed by atoms with E-state index in [1.54, 1.807) is 18.4 Å². The molecule has 0 aliphatic rings. The molecule has 0 saturated carbocycles. The fraction of sp³-hybridized carbons (Fsp3) is 0.583. The summed E-state index contributed by atoms with van der Waals surface area (Å²) in [6, 6.07) is 4.02. The van der Waals surface area contributed by atoms with Crippen LogP contribution in [0.3, 0.4) is 0 Å². The first-order valence-electron chi connectivity index (χ1n) is 5.97. The second-order valence-corrected chi connectivity index (χ2v) is 5.14. The number of nitrogens with zero attached hydrogens (tertiary/aromatic N) is 1. The molecule has 1 aromatic rings. The van der Waals surface area contributed by atoms with Crippen LogP contribution < -0.4 is 10.6 Å². The van der Waals surface area contributed by atoms with Crippen LogP contribution in [0.15, 0.2) is 22.5 Å². The Kier molecular flexibility index (Phi) is 6.14. The van der Waals surface area contributed by atoms with Crippen LogP contribution >= 0.6 is 11.3 Å². The molecule has 1 rings (SSSR count). The average molecular weight is 293 g/mol. The molecule has 0 amide bonds. The molecule has 0 aromatic carbocycles. The molecular formula is C12H18F3N3S. The fourth-order valence-corrected chi connectivity index (χ4v) is 2.25. The Morgan fingerprint density at radius 3 is 2.68 bits per heavy atom. The lowest BCUT2D eigenvalue weighted by Crippen LogP contribution is -2.40. The van der Waals surface area contributed by atoms with E-state index in [9.17, 15) is 13.2 Å². The molecule has 0 aliphatic heterocycles. The second-order valence-electron chi connectivity index (χ2n) is 4.16. The van der Waals surface area contributed by atoms with Crippen LogP contribution in [0, 0.1) is 0 Å². The van der Waals surface area contributed by atoms with Crippen LogP contribution in [0.1, 0.15) is 24.1 Å². The molecule has 1 aromatic heterocycles. The molecule has 1 heterocycles. The number of hydrogen-bond acceptors (Lipinski definition) is 2. The number of aliphatic imine (C=N–C) groups is 1. The summed E-state index contributed by atoms with van der Waals surface area (Å²) < 4.78 is 36.0. The maximum Gasteiger partial charge on any atom is 0.390 e. The largest absolute Gasteiger partial charge is 0.390 e. The highest BCUT2D eigenvalue weighted by Gasteiger charge is 2.26. The van der Waals surface area contributed by atoms with Gasteiger partial charge in [-0.3, -0.25) is 4.99 Å². The van der Waals surface area contributed by atoms with E-state index in [1.807, 2.05) is 17.5 Å². The van der Waals surface area contributed by atoms with E-state index in [0.29, 0.717) is 18.4 Å². The first-order chi connectivity index (χ1) is 8.92. The van der Waals surface area contributed by atoms with Crippen LogP contribution in [0.4, 0.5) is 13.2 Å². The highest BCUT2D eigenvalue weighted by molar-refractivity contribution is 7.10. The highest BCUT2D eigenvalue weighted by Crippen LogP contribution is 2.19. The van der Waals surface area contributed by atoms with E-state index in [2.05, 4.69) is 22.5 Å². The van der Waals surface area contributed by atoms with Crippen molar-refractivity contribution in [2.75, 3.05) is 20.1 Å². The van der Waals surface area contributed by atoms with Crippen molar-refractivity contribution < 1.29 is 13.2 Å². The molecule has 0 radical (unpaired) electrons. The quantitative estimate of drug-likeness (QED) is 0.647. The molecule has 0 saturated heterocycles. The minimum absolute atomic E-state index is 0.170. The zero-order valence-electron chi connectivity index (χ0n) is 10.9. The van der Waals surface area contributed by atoms with Gasteiger partial charge in [-0.2, -0.15) is 13.2 Å². The standard InChI is InChI=1S/C12H18F3N3S/c1-9(10-4-3-7-19-10)8-18-11(16-2)17-6-5-12(13,14)15/h3-4,7,9H,5-6,8H2,1-2H3,(H2,16,17,18). The van der Waals surface area contributed by atoms with Gasteiger partial charge in [0.2, 0.25) is 0 Å². The summed E-state index contributed by atoms with van der Waals surface area (Å²) in [5.74, 6) is 0.689. The maximum atomic E-state index is 12.0. The Balaban J connectivity index is 2.29. The van der Waals surface area contributed by atoms with E-state index >= 15 is 0 Å². The Hall–Kier alpha value is -1.24. The van der Waals surface area contributed by atoms with E-state index in [4.69, 9.17) is 0 Å². The van der Waals surface area contributed by atoms with E-state index in [1.165, 1.54) is 4.88 Å². The Bertz CT molecular complexity index is 387. The summed E-state index contributed by atoms with van der Waals surface area (Å²) in [4.78, 5) is 5.13. The number of alkyl halides is 3. The summed E-state index contributed by atoms with van der Waals surface area (Å²) >= 11 is 1.66. The van der Waals surface area contributed by atoms with Crippen LogP contribution in [0.5, 0.6) is 0 Å². The fourth-order valence-electron chi connectivity index (χ4n) is 1.47. The van der Waals surface area contributed by atoms with Gasteiger partial charge in [0.15, 0.2) is 5.96 Å². The molecule has 2 N–H and O–H groups in total. The first-order valence-corrected chi connectivity index (χ1v) is 6.85. The zero-order chi connectivity index (χ0) is 14.3. The molecule has 1 atom stereocenters. The predicted molar refractivity (Wildman–Crippen MR) is 72.8 cm³/mol. The SMILES string of the molecule is CN=C(NCCC(F)(F)F)NCC(C)c1cccs1. The van der Waals surface area contributed by atoms with Crippen LogP contribution in [-0.4, -0.2) is 32.3 Å². The van der Waals surface area contributed by atoms with Gasteiger partial charge < -0.3 is 10.6 Å². The van der Waals surface area contributed by atoms with E-state index in [-0.39, 0.29) is 6.54 Å². The van der Waals surface area contributed by atoms with Crippen molar-refractivity contribution in [2.45, 2.75) is 25.4 Å². The van der Waals surface area contributed by atoms with Gasteiger partial charge in [0.05, 0.1) is 6.42 Å². The van der Waals surface area contributed by atoms with Crippen molar-refractivity contribution in [1.82, 2.24) is 10.6 Å². The lowest BCUT2D eigenvalue weighted by molar-refractivity contribution is -0.132. The number of thiophene rings is 1. The molecule has 0 bridgehead atoms. The number of rotatable bonds is 5. The normalized spacial score (nSPS) is 14.3. The Morgan fingerprint density at radius 1 is 1.42 bits per heavy atom. The molecule has 0 spiro atoms. The number of guanidine groups is 1. The van der Waals surface area contributed by atoms with Crippen LogP contribution in [0.25, 0.3) is 0 Å². The smallest absolute Gasteiger partial charge is 0.356 e. The van der Waals surface area contributed by atoms with Crippen molar-refractivity contribution in [1.29, 1.82) is 0 Å². The van der Waals surface area contributed by atoms with Crippen molar-refractivity contribution in [2.24, 2.45) is 4.99 Å². The van der Waals surface area contributed by atoms with Gasteiger partial charge in [-0.25, -0.2) is 0 Å². The van der Waals surface area contributed by atoms with Gasteiger partial charge in [-0.05, 0) is 11.4 Å². The molecule has 1 unspecified atom stereocenters. The number of halogens is 3. The zero-order valence-corrected chi connectivity index (χ0v) is 11.7. The number of hydrogen-bond donors (Lipinski definition) is 2. The van der Waals surface area contributed by atoms with Crippen molar-refractivity contribution in [3.63, 3.8) is 0 Å². The molecule has 19 heavy (non-hydrogen) atoms. The first kappa shape index (κ1) is 15.8. The molecule has 0 aliphatic carbocycles. The Morgan fingerprint density at radius 2 is 2.16 bits per heavy atom. The monoisotopic (exact) mass is 293 g/mol. The predicted octanol–water partition coefficient (Wildman–Crippen LogP) is 2.97. The third-order valence-corrected chi connectivity index (χ3v) is 3.63. The lowest BCUT2D eigenvalue weighted by Gasteiger charge is -2.15. The van der Waals surface area contributed by atoms with Crippen molar-refractivity contribution >= 4 is 17.3 Å². The number of nitrogens with one attached hydrogen (secondary N) is 2. The molecule has 7 heteroatoms. The van der Waals surface area contributed by atoms with Crippen molar-refractivity contribution in [3.8, 4) is 0 Å². The lowest BCUT2D eigenvalue weighted by atomic mass is 10.1. The molecule has 108 valence electrons. The summed E-state index contributed by atoms with van der Waals surface area (Å²) in [5.41, 5.74) is 0. The van der Waals surface area contributed by atoms with Gasteiger partial charge in [0, 0.05) is 30.9 Å². The van der Waals surface area contributed by atoms with Crippen LogP contribution in [-0.2, 0) is 0 Å². The molecule has 0 fully saturated rings. The van der Waals surface area contributed by atoms with Gasteiger partial charge in [0.1, 0.15) is 0 Å². The summed E-state index contributed by atoms with van der Waals surface area (Å²) in [6.07, 6.45) is -5.01. The van der Waals surface area contributed by atoms with Gasteiger partial charge in [-0.1, -0.05) is 13.0 Å².